The summed E-state index contributed by atoms with van der Waals surface area (Å²) in [5.41, 5.74) is 9.79. The third-order valence-corrected chi connectivity index (χ3v) is 5.90. The molecule has 1 aromatic carbocycles. The molecule has 4 rings (SSSR count). The van der Waals surface area contributed by atoms with E-state index in [1.807, 2.05) is 54.0 Å². The maximum Gasteiger partial charge on any atom is 0.262 e. The van der Waals surface area contributed by atoms with Crippen LogP contribution >= 0.6 is 11.3 Å². The highest BCUT2D eigenvalue weighted by molar-refractivity contribution is 7.12. The van der Waals surface area contributed by atoms with Gasteiger partial charge < -0.3 is 20.8 Å². The van der Waals surface area contributed by atoms with Crippen molar-refractivity contribution in [1.82, 2.24) is 15.3 Å². The van der Waals surface area contributed by atoms with Crippen molar-refractivity contribution in [3.63, 3.8) is 0 Å². The summed E-state index contributed by atoms with van der Waals surface area (Å²) in [5, 5.41) is 6.08. The van der Waals surface area contributed by atoms with Crippen molar-refractivity contribution in [1.29, 1.82) is 0 Å². The van der Waals surface area contributed by atoms with Crippen LogP contribution in [0.3, 0.4) is 0 Å². The third-order valence-electron chi connectivity index (χ3n) is 4.94. The number of carbonyl (C=O) groups is 1. The SMILES string of the molecule is COc1ccccc1C(CN)NC(=O)c1sccc1Cc1ccnc2[nH]ccc12. The number of methoxy groups -OCH3 is 1. The average Bonchev–Trinajstić information content (AvgIpc) is 3.42. The molecule has 29 heavy (non-hydrogen) atoms. The van der Waals surface area contributed by atoms with Crippen molar-refractivity contribution >= 4 is 28.3 Å². The number of H-pyrrole nitrogens is 1. The molecule has 4 aromatic rings. The monoisotopic (exact) mass is 406 g/mol. The number of hydrogen-bond donors (Lipinski definition) is 3. The molecule has 7 heteroatoms. The van der Waals surface area contributed by atoms with Crippen LogP contribution in [0.5, 0.6) is 5.75 Å². The molecule has 0 saturated heterocycles. The summed E-state index contributed by atoms with van der Waals surface area (Å²) in [5.74, 6) is 0.581. The Labute approximate surface area is 172 Å². The Morgan fingerprint density at radius 2 is 2.10 bits per heavy atom. The summed E-state index contributed by atoms with van der Waals surface area (Å²) in [6, 6.07) is 13.3. The van der Waals surface area contributed by atoms with Crippen LogP contribution in [0.1, 0.15) is 32.4 Å². The summed E-state index contributed by atoms with van der Waals surface area (Å²) < 4.78 is 5.42. The number of hydrogen-bond acceptors (Lipinski definition) is 5. The van der Waals surface area contributed by atoms with Crippen molar-refractivity contribution in [3.8, 4) is 5.75 Å². The van der Waals surface area contributed by atoms with Crippen LogP contribution in [0.4, 0.5) is 0 Å². The zero-order valence-electron chi connectivity index (χ0n) is 16.0. The first-order valence-electron chi connectivity index (χ1n) is 9.32. The van der Waals surface area contributed by atoms with Crippen LogP contribution in [0.15, 0.2) is 60.2 Å². The summed E-state index contributed by atoms with van der Waals surface area (Å²) in [7, 11) is 1.61. The minimum absolute atomic E-state index is 0.129. The molecule has 0 saturated carbocycles. The van der Waals surface area contributed by atoms with Gasteiger partial charge in [-0.25, -0.2) is 4.98 Å². The second kappa shape index (κ2) is 8.46. The Morgan fingerprint density at radius 3 is 2.93 bits per heavy atom. The third kappa shape index (κ3) is 3.87. The molecule has 0 bridgehead atoms. The van der Waals surface area contributed by atoms with Gasteiger partial charge in [0.1, 0.15) is 11.4 Å². The van der Waals surface area contributed by atoms with Crippen LogP contribution < -0.4 is 15.8 Å². The van der Waals surface area contributed by atoms with E-state index in [-0.39, 0.29) is 18.5 Å². The smallest absolute Gasteiger partial charge is 0.262 e. The number of ether oxygens (including phenoxy) is 1. The molecule has 1 atom stereocenters. The van der Waals surface area contributed by atoms with Gasteiger partial charge in [0.15, 0.2) is 0 Å². The molecule has 3 aromatic heterocycles. The van der Waals surface area contributed by atoms with Gasteiger partial charge >= 0.3 is 0 Å². The van der Waals surface area contributed by atoms with Gasteiger partial charge in [-0.05, 0) is 47.2 Å². The number of thiophene rings is 1. The molecule has 0 radical (unpaired) electrons. The minimum Gasteiger partial charge on any atom is -0.496 e. The number of aromatic amines is 1. The molecule has 0 spiro atoms. The second-order valence-electron chi connectivity index (χ2n) is 6.67. The minimum atomic E-state index is -0.328. The number of nitrogens with zero attached hydrogens (tertiary/aromatic N) is 1. The molecular weight excluding hydrogens is 384 g/mol. The number of pyridine rings is 1. The van der Waals surface area contributed by atoms with Gasteiger partial charge in [-0.3, -0.25) is 4.79 Å². The fourth-order valence-electron chi connectivity index (χ4n) is 3.49. The van der Waals surface area contributed by atoms with Crippen LogP contribution in [-0.2, 0) is 6.42 Å². The molecule has 0 fully saturated rings. The predicted octanol–water partition coefficient (Wildman–Crippen LogP) is 3.65. The van der Waals surface area contributed by atoms with E-state index in [0.29, 0.717) is 17.0 Å². The van der Waals surface area contributed by atoms with Crippen LogP contribution in [0, 0.1) is 0 Å². The summed E-state index contributed by atoms with van der Waals surface area (Å²) in [4.78, 5) is 21.2. The topological polar surface area (TPSA) is 93.0 Å². The van der Waals surface area contributed by atoms with Gasteiger partial charge in [-0.15, -0.1) is 11.3 Å². The van der Waals surface area contributed by atoms with Crippen molar-refractivity contribution in [2.75, 3.05) is 13.7 Å². The fourth-order valence-corrected chi connectivity index (χ4v) is 4.32. The van der Waals surface area contributed by atoms with Gasteiger partial charge in [0.25, 0.3) is 5.91 Å². The zero-order valence-corrected chi connectivity index (χ0v) is 16.8. The van der Waals surface area contributed by atoms with Gasteiger partial charge in [0.05, 0.1) is 18.0 Å². The number of fused-ring (bicyclic) bond motifs is 1. The van der Waals surface area contributed by atoms with Crippen LogP contribution in [0.2, 0.25) is 0 Å². The van der Waals surface area contributed by atoms with Crippen LogP contribution in [-0.4, -0.2) is 29.5 Å². The van der Waals surface area contributed by atoms with E-state index in [4.69, 9.17) is 10.5 Å². The van der Waals surface area contributed by atoms with Gasteiger partial charge in [-0.2, -0.15) is 0 Å². The first-order valence-corrected chi connectivity index (χ1v) is 10.2. The maximum atomic E-state index is 13.1. The Bertz CT molecular complexity index is 1130. The van der Waals surface area contributed by atoms with Crippen molar-refractivity contribution in [2.45, 2.75) is 12.5 Å². The number of nitrogens with two attached hydrogens (primary N) is 1. The first-order chi connectivity index (χ1) is 14.2. The summed E-state index contributed by atoms with van der Waals surface area (Å²) in [6.45, 7) is 0.279. The number of aromatic nitrogens is 2. The molecule has 0 aliphatic heterocycles. The first kappa shape index (κ1) is 19.2. The Balaban J connectivity index is 1.57. The maximum absolute atomic E-state index is 13.1. The molecular formula is C22H22N4O2S. The lowest BCUT2D eigenvalue weighted by Crippen LogP contribution is -2.33. The van der Waals surface area contributed by atoms with Crippen molar-refractivity contribution < 1.29 is 9.53 Å². The highest BCUT2D eigenvalue weighted by Gasteiger charge is 2.21. The van der Waals surface area contributed by atoms with E-state index in [1.54, 1.807) is 13.3 Å². The number of rotatable bonds is 7. The number of amides is 1. The van der Waals surface area contributed by atoms with Crippen LogP contribution in [0.25, 0.3) is 11.0 Å². The number of benzene rings is 1. The molecule has 6 nitrogen and oxygen atoms in total. The van der Waals surface area contributed by atoms with E-state index >= 15 is 0 Å². The van der Waals surface area contributed by atoms with Gasteiger partial charge in [-0.1, -0.05) is 18.2 Å². The van der Waals surface area contributed by atoms with Gasteiger partial charge in [0, 0.05) is 29.9 Å². The molecule has 0 aliphatic rings. The molecule has 1 unspecified atom stereocenters. The van der Waals surface area contributed by atoms with Gasteiger partial charge in [0.2, 0.25) is 0 Å². The standard InChI is InChI=1S/C22H22N4O2S/c1-28-19-5-3-2-4-17(19)18(13-23)26-22(27)20-15(8-11-29-20)12-14-6-9-24-21-16(14)7-10-25-21/h2-11,18H,12-13,23H2,1H3,(H,24,25)(H,26,27). The highest BCUT2D eigenvalue weighted by atomic mass is 32.1. The molecule has 148 valence electrons. The quantitative estimate of drug-likeness (QED) is 0.437. The van der Waals surface area contributed by atoms with E-state index in [9.17, 15) is 4.79 Å². The number of nitrogens with one attached hydrogen (secondary N) is 2. The Morgan fingerprint density at radius 1 is 1.24 bits per heavy atom. The molecule has 3 heterocycles. The van der Waals surface area contributed by atoms with Crippen molar-refractivity contribution in [3.05, 3.63) is 81.8 Å². The Hall–Kier alpha value is -3.16. The summed E-state index contributed by atoms with van der Waals surface area (Å²) >= 11 is 1.43. The second-order valence-corrected chi connectivity index (χ2v) is 7.58. The lowest BCUT2D eigenvalue weighted by molar-refractivity contribution is 0.0941. The van der Waals surface area contributed by atoms with E-state index in [0.717, 1.165) is 27.7 Å². The molecule has 1 amide bonds. The van der Waals surface area contributed by atoms with E-state index < -0.39 is 0 Å². The number of para-hydroxylation sites is 1. The lowest BCUT2D eigenvalue weighted by atomic mass is 10.0. The summed E-state index contributed by atoms with van der Waals surface area (Å²) in [6.07, 6.45) is 4.32. The average molecular weight is 407 g/mol. The van der Waals surface area contributed by atoms with E-state index in [2.05, 4.69) is 15.3 Å². The number of carbonyl (C=O) groups excluding carboxylic acids is 1. The molecule has 4 N–H and O–H groups in total. The predicted molar refractivity (Wildman–Crippen MR) is 115 cm³/mol. The zero-order chi connectivity index (χ0) is 20.2. The highest BCUT2D eigenvalue weighted by Crippen LogP contribution is 2.27. The largest absolute Gasteiger partial charge is 0.496 e. The van der Waals surface area contributed by atoms with E-state index in [1.165, 1.54) is 11.3 Å². The lowest BCUT2D eigenvalue weighted by Gasteiger charge is -2.19. The molecule has 0 aliphatic carbocycles. The normalized spacial score (nSPS) is 12.1. The Kier molecular flexibility index (Phi) is 5.59. The van der Waals surface area contributed by atoms with Crippen molar-refractivity contribution in [2.24, 2.45) is 5.73 Å². The fraction of sp³-hybridized carbons (Fsp3) is 0.182.